The molecule has 26 heavy (non-hydrogen) atoms. The molecule has 0 spiro atoms. The van der Waals surface area contributed by atoms with Gasteiger partial charge in [-0.15, -0.1) is 0 Å². The van der Waals surface area contributed by atoms with Crippen LogP contribution in [-0.4, -0.2) is 30.1 Å². The van der Waals surface area contributed by atoms with Gasteiger partial charge in [-0.05, 0) is 42.8 Å². The second kappa shape index (κ2) is 7.74. The number of aromatic amines is 1. The molecule has 6 heteroatoms. The van der Waals surface area contributed by atoms with Crippen molar-refractivity contribution in [2.45, 2.75) is 19.4 Å². The van der Waals surface area contributed by atoms with E-state index in [0.29, 0.717) is 11.4 Å². The van der Waals surface area contributed by atoms with Crippen molar-refractivity contribution in [3.63, 3.8) is 0 Å². The highest BCUT2D eigenvalue weighted by Crippen LogP contribution is 2.24. The second-order valence-electron chi connectivity index (χ2n) is 5.89. The number of rotatable bonds is 6. The Morgan fingerprint density at radius 3 is 2.65 bits per heavy atom. The van der Waals surface area contributed by atoms with Crippen molar-refractivity contribution in [2.75, 3.05) is 12.4 Å². The molecule has 1 unspecified atom stereocenters. The Morgan fingerprint density at radius 2 is 1.92 bits per heavy atom. The number of nitrogens with one attached hydrogen (secondary N) is 2. The van der Waals surface area contributed by atoms with Gasteiger partial charge in [0.25, 0.3) is 5.91 Å². The molecule has 2 aromatic carbocycles. The Bertz CT molecular complexity index is 918. The number of anilines is 1. The number of ether oxygens (including phenoxy) is 2. The first kappa shape index (κ1) is 17.5. The van der Waals surface area contributed by atoms with Gasteiger partial charge in [-0.25, -0.2) is 0 Å². The third-order valence-corrected chi connectivity index (χ3v) is 4.03. The van der Waals surface area contributed by atoms with Crippen LogP contribution in [0.15, 0.2) is 54.7 Å². The van der Waals surface area contributed by atoms with Crippen LogP contribution in [-0.2, 0) is 20.7 Å². The van der Waals surface area contributed by atoms with Crippen molar-refractivity contribution in [2.24, 2.45) is 0 Å². The Hall–Kier alpha value is -3.28. The number of para-hydroxylation sites is 1. The van der Waals surface area contributed by atoms with Crippen LogP contribution < -0.4 is 10.1 Å². The Kier molecular flexibility index (Phi) is 5.22. The summed E-state index contributed by atoms with van der Waals surface area (Å²) in [7, 11) is 1.59. The van der Waals surface area contributed by atoms with Gasteiger partial charge in [-0.1, -0.05) is 18.2 Å². The minimum absolute atomic E-state index is 0.0656. The second-order valence-corrected chi connectivity index (χ2v) is 5.89. The number of aromatic nitrogens is 1. The number of methoxy groups -OCH3 is 1. The van der Waals surface area contributed by atoms with Gasteiger partial charge in [0, 0.05) is 22.8 Å². The van der Waals surface area contributed by atoms with Gasteiger partial charge < -0.3 is 19.8 Å². The zero-order valence-corrected chi connectivity index (χ0v) is 14.6. The number of hydrogen-bond donors (Lipinski definition) is 2. The fourth-order valence-electron chi connectivity index (χ4n) is 2.64. The van der Waals surface area contributed by atoms with Crippen LogP contribution in [0.1, 0.15) is 12.5 Å². The maximum absolute atomic E-state index is 12.2. The predicted octanol–water partition coefficient (Wildman–Crippen LogP) is 3.29. The zero-order valence-electron chi connectivity index (χ0n) is 14.6. The fourth-order valence-corrected chi connectivity index (χ4v) is 2.64. The molecule has 0 aliphatic carbocycles. The normalized spacial score (nSPS) is 11.8. The average molecular weight is 352 g/mol. The lowest BCUT2D eigenvalue weighted by molar-refractivity contribution is -0.152. The Labute approximate surface area is 151 Å². The molecule has 3 rings (SSSR count). The van der Waals surface area contributed by atoms with Gasteiger partial charge in [-0.2, -0.15) is 0 Å². The summed E-state index contributed by atoms with van der Waals surface area (Å²) >= 11 is 0. The number of benzene rings is 2. The summed E-state index contributed by atoms with van der Waals surface area (Å²) in [5, 5.41) is 3.60. The van der Waals surface area contributed by atoms with Gasteiger partial charge in [0.15, 0.2) is 6.10 Å². The minimum atomic E-state index is -0.887. The molecular weight excluding hydrogens is 332 g/mol. The van der Waals surface area contributed by atoms with E-state index in [1.54, 1.807) is 32.4 Å². The molecule has 0 bridgehead atoms. The highest BCUT2D eigenvalue weighted by Gasteiger charge is 2.19. The molecule has 1 aromatic heterocycles. The van der Waals surface area contributed by atoms with E-state index in [9.17, 15) is 9.59 Å². The van der Waals surface area contributed by atoms with Crippen LogP contribution in [0.25, 0.3) is 10.9 Å². The molecular formula is C20H20N2O4. The van der Waals surface area contributed by atoms with E-state index in [1.807, 2.05) is 36.4 Å². The summed E-state index contributed by atoms with van der Waals surface area (Å²) in [5.74, 6) is -0.128. The summed E-state index contributed by atoms with van der Waals surface area (Å²) in [4.78, 5) is 27.5. The fraction of sp³-hybridized carbons (Fsp3) is 0.200. The quantitative estimate of drug-likeness (QED) is 0.667. The number of carbonyl (C=O) groups is 2. The van der Waals surface area contributed by atoms with Gasteiger partial charge in [-0.3, -0.25) is 9.59 Å². The molecule has 1 heterocycles. The maximum Gasteiger partial charge on any atom is 0.311 e. The monoisotopic (exact) mass is 352 g/mol. The summed E-state index contributed by atoms with van der Waals surface area (Å²) in [6.45, 7) is 1.55. The van der Waals surface area contributed by atoms with Crippen LogP contribution in [0.2, 0.25) is 0 Å². The molecule has 0 saturated heterocycles. The highest BCUT2D eigenvalue weighted by molar-refractivity contribution is 5.95. The molecule has 1 atom stereocenters. The van der Waals surface area contributed by atoms with Crippen molar-refractivity contribution in [3.8, 4) is 5.75 Å². The molecule has 6 nitrogen and oxygen atoms in total. The van der Waals surface area contributed by atoms with E-state index < -0.39 is 12.1 Å². The number of hydrogen-bond acceptors (Lipinski definition) is 4. The van der Waals surface area contributed by atoms with Crippen molar-refractivity contribution in [1.82, 2.24) is 4.98 Å². The number of carbonyl (C=O) groups excluding carboxylic acids is 2. The zero-order chi connectivity index (χ0) is 18.5. The third-order valence-electron chi connectivity index (χ3n) is 4.03. The number of fused-ring (bicyclic) bond motifs is 1. The first-order valence-corrected chi connectivity index (χ1v) is 8.26. The number of H-pyrrole nitrogens is 1. The van der Waals surface area contributed by atoms with Crippen molar-refractivity contribution < 1.29 is 19.1 Å². The largest absolute Gasteiger partial charge is 0.497 e. The van der Waals surface area contributed by atoms with E-state index in [-0.39, 0.29) is 12.3 Å². The van der Waals surface area contributed by atoms with Crippen LogP contribution in [0.5, 0.6) is 5.75 Å². The Balaban J connectivity index is 1.62. The lowest BCUT2D eigenvalue weighted by Crippen LogP contribution is -2.30. The number of esters is 1. The van der Waals surface area contributed by atoms with Crippen molar-refractivity contribution in [3.05, 3.63) is 60.3 Å². The van der Waals surface area contributed by atoms with Gasteiger partial charge >= 0.3 is 5.97 Å². The lowest BCUT2D eigenvalue weighted by Gasteiger charge is -2.13. The molecule has 2 N–H and O–H groups in total. The first-order valence-electron chi connectivity index (χ1n) is 8.26. The van der Waals surface area contributed by atoms with Crippen LogP contribution >= 0.6 is 0 Å². The molecule has 0 aliphatic heterocycles. The first-order chi connectivity index (χ1) is 12.6. The van der Waals surface area contributed by atoms with E-state index in [4.69, 9.17) is 9.47 Å². The van der Waals surface area contributed by atoms with E-state index in [1.165, 1.54) is 0 Å². The molecule has 0 fully saturated rings. The molecule has 0 saturated carbocycles. The predicted molar refractivity (Wildman–Crippen MR) is 99.2 cm³/mol. The lowest BCUT2D eigenvalue weighted by atomic mass is 10.1. The SMILES string of the molecule is COc1ccc2[nH]cc(CC(=O)OC(C)C(=O)Nc3ccccc3)c2c1. The van der Waals surface area contributed by atoms with E-state index >= 15 is 0 Å². The van der Waals surface area contributed by atoms with Crippen molar-refractivity contribution in [1.29, 1.82) is 0 Å². The third kappa shape index (κ3) is 4.03. The van der Waals surface area contributed by atoms with Gasteiger partial charge in [0.2, 0.25) is 0 Å². The minimum Gasteiger partial charge on any atom is -0.497 e. The highest BCUT2D eigenvalue weighted by atomic mass is 16.5. The van der Waals surface area contributed by atoms with Crippen molar-refractivity contribution >= 4 is 28.5 Å². The van der Waals surface area contributed by atoms with Crippen LogP contribution in [0.4, 0.5) is 5.69 Å². The Morgan fingerprint density at radius 1 is 1.15 bits per heavy atom. The number of amides is 1. The van der Waals surface area contributed by atoms with Gasteiger partial charge in [0.05, 0.1) is 13.5 Å². The van der Waals surface area contributed by atoms with E-state index in [0.717, 1.165) is 16.5 Å². The molecule has 134 valence electrons. The molecule has 0 aliphatic rings. The topological polar surface area (TPSA) is 80.4 Å². The molecule has 3 aromatic rings. The van der Waals surface area contributed by atoms with Crippen LogP contribution in [0.3, 0.4) is 0 Å². The standard InChI is InChI=1S/C20H20N2O4/c1-13(20(24)22-15-6-4-3-5-7-15)26-19(23)10-14-12-21-18-9-8-16(25-2)11-17(14)18/h3-9,11-13,21H,10H2,1-2H3,(H,22,24). The van der Waals surface area contributed by atoms with Gasteiger partial charge in [0.1, 0.15) is 5.75 Å². The average Bonchev–Trinajstić information content (AvgIpc) is 3.04. The van der Waals surface area contributed by atoms with E-state index in [2.05, 4.69) is 10.3 Å². The summed E-state index contributed by atoms with van der Waals surface area (Å²) in [6.07, 6.45) is 0.943. The smallest absolute Gasteiger partial charge is 0.311 e. The molecule has 0 radical (unpaired) electrons. The molecule has 1 amide bonds. The summed E-state index contributed by atoms with van der Waals surface area (Å²) in [5.41, 5.74) is 2.35. The van der Waals surface area contributed by atoms with Crippen LogP contribution in [0, 0.1) is 0 Å². The maximum atomic E-state index is 12.2. The summed E-state index contributed by atoms with van der Waals surface area (Å²) < 4.78 is 10.5. The summed E-state index contributed by atoms with van der Waals surface area (Å²) in [6, 6.07) is 14.6.